The number of rotatable bonds is 6. The Kier molecular flexibility index (Phi) is 6.41. The van der Waals surface area contributed by atoms with E-state index in [-0.39, 0.29) is 6.10 Å². The van der Waals surface area contributed by atoms with Crippen molar-refractivity contribution in [2.45, 2.75) is 39.2 Å². The fourth-order valence-electron chi connectivity index (χ4n) is 0.999. The Hall–Kier alpha value is -0.810. The van der Waals surface area contributed by atoms with Gasteiger partial charge in [0.15, 0.2) is 0 Å². The highest BCUT2D eigenvalue weighted by atomic mass is 16.5. The average Bonchev–Trinajstić information content (AvgIpc) is 2.11. The van der Waals surface area contributed by atoms with Crippen LogP contribution in [0.2, 0.25) is 0 Å². The van der Waals surface area contributed by atoms with Gasteiger partial charge in [0.25, 0.3) is 0 Å². The standard InChI is InChI=1S/C10H17NO/c1-4-9(3)10(5-2)12-8-6-7-11/h10H,3-6,8H2,1-2H3. The summed E-state index contributed by atoms with van der Waals surface area (Å²) in [4.78, 5) is 0. The zero-order valence-corrected chi connectivity index (χ0v) is 7.97. The van der Waals surface area contributed by atoms with Crippen molar-refractivity contribution in [3.63, 3.8) is 0 Å². The summed E-state index contributed by atoms with van der Waals surface area (Å²) in [6, 6.07) is 2.05. The van der Waals surface area contributed by atoms with Crippen molar-refractivity contribution in [3.05, 3.63) is 12.2 Å². The van der Waals surface area contributed by atoms with Gasteiger partial charge in [0.1, 0.15) is 0 Å². The molecule has 0 rings (SSSR count). The molecule has 1 atom stereocenters. The van der Waals surface area contributed by atoms with Crippen molar-refractivity contribution < 1.29 is 4.74 Å². The van der Waals surface area contributed by atoms with Gasteiger partial charge in [-0.05, 0) is 18.4 Å². The maximum atomic E-state index is 8.30. The molecular formula is C10H17NO. The van der Waals surface area contributed by atoms with E-state index >= 15 is 0 Å². The van der Waals surface area contributed by atoms with E-state index in [0.717, 1.165) is 18.4 Å². The van der Waals surface area contributed by atoms with Gasteiger partial charge in [0, 0.05) is 0 Å². The summed E-state index contributed by atoms with van der Waals surface area (Å²) in [7, 11) is 0. The van der Waals surface area contributed by atoms with Crippen molar-refractivity contribution in [1.29, 1.82) is 5.26 Å². The predicted octanol–water partition coefficient (Wildman–Crippen LogP) is 2.66. The molecule has 0 aromatic rings. The molecule has 0 N–H and O–H groups in total. The zero-order valence-electron chi connectivity index (χ0n) is 7.97. The fraction of sp³-hybridized carbons (Fsp3) is 0.700. The molecule has 0 spiro atoms. The van der Waals surface area contributed by atoms with Gasteiger partial charge < -0.3 is 4.74 Å². The van der Waals surface area contributed by atoms with Crippen molar-refractivity contribution in [1.82, 2.24) is 0 Å². The highest BCUT2D eigenvalue weighted by Gasteiger charge is 2.07. The van der Waals surface area contributed by atoms with E-state index in [1.165, 1.54) is 0 Å². The lowest BCUT2D eigenvalue weighted by Crippen LogP contribution is -2.14. The Labute approximate surface area is 74.8 Å². The highest BCUT2D eigenvalue weighted by Crippen LogP contribution is 2.12. The van der Waals surface area contributed by atoms with Gasteiger partial charge >= 0.3 is 0 Å². The third-order valence-electron chi connectivity index (χ3n) is 1.81. The first-order valence-corrected chi connectivity index (χ1v) is 4.42. The minimum atomic E-state index is 0.142. The van der Waals surface area contributed by atoms with Gasteiger partial charge in [0.2, 0.25) is 0 Å². The molecule has 0 bridgehead atoms. The van der Waals surface area contributed by atoms with Gasteiger partial charge in [-0.15, -0.1) is 0 Å². The summed E-state index contributed by atoms with van der Waals surface area (Å²) in [6.07, 6.45) is 2.50. The van der Waals surface area contributed by atoms with Crippen molar-refractivity contribution in [2.75, 3.05) is 6.61 Å². The van der Waals surface area contributed by atoms with Crippen LogP contribution in [0.1, 0.15) is 33.1 Å². The molecule has 0 fully saturated rings. The second kappa shape index (κ2) is 6.87. The van der Waals surface area contributed by atoms with Crippen LogP contribution in [0.25, 0.3) is 0 Å². The van der Waals surface area contributed by atoms with Crippen LogP contribution in [0.4, 0.5) is 0 Å². The Morgan fingerprint density at radius 1 is 1.58 bits per heavy atom. The van der Waals surface area contributed by atoms with E-state index in [2.05, 4.69) is 20.4 Å². The van der Waals surface area contributed by atoms with Crippen LogP contribution >= 0.6 is 0 Å². The Bertz CT molecular complexity index is 169. The normalized spacial score (nSPS) is 12.1. The number of nitriles is 1. The number of nitrogens with zero attached hydrogens (tertiary/aromatic N) is 1. The molecule has 0 aliphatic rings. The SMILES string of the molecule is C=C(CC)C(CC)OCCC#N. The largest absolute Gasteiger partial charge is 0.373 e. The van der Waals surface area contributed by atoms with Crippen LogP contribution in [-0.2, 0) is 4.74 Å². The van der Waals surface area contributed by atoms with E-state index in [9.17, 15) is 0 Å². The molecule has 12 heavy (non-hydrogen) atoms. The van der Waals surface area contributed by atoms with Crippen LogP contribution < -0.4 is 0 Å². The van der Waals surface area contributed by atoms with Gasteiger partial charge in [-0.3, -0.25) is 0 Å². The van der Waals surface area contributed by atoms with Gasteiger partial charge in [-0.1, -0.05) is 20.4 Å². The van der Waals surface area contributed by atoms with E-state index in [1.807, 2.05) is 6.07 Å². The minimum Gasteiger partial charge on any atom is -0.373 e. The summed E-state index contributed by atoms with van der Waals surface area (Å²) >= 11 is 0. The Morgan fingerprint density at radius 2 is 2.25 bits per heavy atom. The molecular weight excluding hydrogens is 150 g/mol. The first-order chi connectivity index (χ1) is 5.76. The summed E-state index contributed by atoms with van der Waals surface area (Å²) in [5.74, 6) is 0. The molecule has 0 aliphatic heterocycles. The molecule has 0 saturated carbocycles. The monoisotopic (exact) mass is 167 g/mol. The Balaban J connectivity index is 3.69. The van der Waals surface area contributed by atoms with Crippen LogP contribution in [0.15, 0.2) is 12.2 Å². The minimum absolute atomic E-state index is 0.142. The van der Waals surface area contributed by atoms with E-state index < -0.39 is 0 Å². The number of hydrogen-bond acceptors (Lipinski definition) is 2. The lowest BCUT2D eigenvalue weighted by molar-refractivity contribution is 0.0778. The average molecular weight is 167 g/mol. The van der Waals surface area contributed by atoms with E-state index in [1.54, 1.807) is 0 Å². The molecule has 0 radical (unpaired) electrons. The summed E-state index contributed by atoms with van der Waals surface area (Å²) in [6.45, 7) is 8.57. The first kappa shape index (κ1) is 11.2. The van der Waals surface area contributed by atoms with Gasteiger partial charge in [0.05, 0.1) is 25.2 Å². The highest BCUT2D eigenvalue weighted by molar-refractivity contribution is 5.00. The topological polar surface area (TPSA) is 33.0 Å². The predicted molar refractivity (Wildman–Crippen MR) is 49.7 cm³/mol. The van der Waals surface area contributed by atoms with E-state index in [4.69, 9.17) is 10.00 Å². The van der Waals surface area contributed by atoms with Gasteiger partial charge in [-0.2, -0.15) is 5.26 Å². The second-order valence-electron chi connectivity index (χ2n) is 2.69. The molecule has 1 unspecified atom stereocenters. The second-order valence-corrected chi connectivity index (χ2v) is 2.69. The molecule has 68 valence electrons. The van der Waals surface area contributed by atoms with Crippen LogP contribution in [-0.4, -0.2) is 12.7 Å². The van der Waals surface area contributed by atoms with Crippen LogP contribution in [0.3, 0.4) is 0 Å². The summed E-state index contributed by atoms with van der Waals surface area (Å²) < 4.78 is 5.46. The quantitative estimate of drug-likeness (QED) is 0.450. The summed E-state index contributed by atoms with van der Waals surface area (Å²) in [5.41, 5.74) is 1.12. The smallest absolute Gasteiger partial charge is 0.0780 e. The van der Waals surface area contributed by atoms with Crippen molar-refractivity contribution >= 4 is 0 Å². The summed E-state index contributed by atoms with van der Waals surface area (Å²) in [5, 5.41) is 8.30. The molecule has 0 aromatic heterocycles. The maximum absolute atomic E-state index is 8.30. The number of ether oxygens (including phenoxy) is 1. The molecule has 0 aromatic carbocycles. The van der Waals surface area contributed by atoms with Crippen LogP contribution in [0, 0.1) is 11.3 Å². The first-order valence-electron chi connectivity index (χ1n) is 4.42. The zero-order chi connectivity index (χ0) is 9.40. The third kappa shape index (κ3) is 4.15. The molecule has 0 aliphatic carbocycles. The van der Waals surface area contributed by atoms with E-state index in [0.29, 0.717) is 13.0 Å². The lowest BCUT2D eigenvalue weighted by atomic mass is 10.1. The maximum Gasteiger partial charge on any atom is 0.0780 e. The molecule has 2 nitrogen and oxygen atoms in total. The Morgan fingerprint density at radius 3 is 2.67 bits per heavy atom. The number of hydrogen-bond donors (Lipinski definition) is 0. The fourth-order valence-corrected chi connectivity index (χ4v) is 0.999. The molecule has 0 amide bonds. The van der Waals surface area contributed by atoms with Crippen LogP contribution in [0.5, 0.6) is 0 Å². The van der Waals surface area contributed by atoms with Crippen molar-refractivity contribution in [2.24, 2.45) is 0 Å². The molecule has 0 heterocycles. The van der Waals surface area contributed by atoms with Gasteiger partial charge in [-0.25, -0.2) is 0 Å². The third-order valence-corrected chi connectivity index (χ3v) is 1.81. The lowest BCUT2D eigenvalue weighted by Gasteiger charge is -2.16. The molecule has 0 saturated heterocycles. The van der Waals surface area contributed by atoms with Crippen molar-refractivity contribution in [3.8, 4) is 6.07 Å². The molecule has 2 heteroatoms.